The monoisotopic (exact) mass is 299 g/mol. The summed E-state index contributed by atoms with van der Waals surface area (Å²) in [5, 5.41) is 25.9. The van der Waals surface area contributed by atoms with E-state index in [4.69, 9.17) is 15.5 Å². The molecule has 0 heterocycles. The smallest absolute Gasteiger partial charge is 0.322 e. The van der Waals surface area contributed by atoms with Crippen LogP contribution in [0.25, 0.3) is 0 Å². The molecule has 114 valence electrons. The van der Waals surface area contributed by atoms with Gasteiger partial charge in [-0.3, -0.25) is 9.59 Å². The van der Waals surface area contributed by atoms with Gasteiger partial charge < -0.3 is 10.2 Å². The van der Waals surface area contributed by atoms with Gasteiger partial charge in [0, 0.05) is 5.56 Å². The van der Waals surface area contributed by atoms with Crippen molar-refractivity contribution in [2.24, 2.45) is 0 Å². The van der Waals surface area contributed by atoms with Crippen molar-refractivity contribution >= 4 is 11.9 Å². The molecule has 0 aliphatic heterocycles. The minimum Gasteiger partial charge on any atom is -0.480 e. The Hall–Kier alpha value is -2.49. The van der Waals surface area contributed by atoms with E-state index in [0.29, 0.717) is 6.07 Å². The zero-order chi connectivity index (χ0) is 16.6. The van der Waals surface area contributed by atoms with Crippen LogP contribution < -0.4 is 0 Å². The molecule has 0 aliphatic rings. The average Bonchev–Trinajstić information content (AvgIpc) is 2.43. The van der Waals surface area contributed by atoms with E-state index in [0.717, 1.165) is 6.07 Å². The third-order valence-electron chi connectivity index (χ3n) is 2.54. The van der Waals surface area contributed by atoms with Crippen LogP contribution in [0.15, 0.2) is 12.1 Å². The van der Waals surface area contributed by atoms with Crippen LogP contribution in [0.2, 0.25) is 0 Å². The van der Waals surface area contributed by atoms with Crippen LogP contribution in [-0.4, -0.2) is 22.2 Å². The highest BCUT2D eigenvalue weighted by atomic mass is 19.2. The normalized spacial score (nSPS) is 9.52. The number of hydrogen-bond acceptors (Lipinski definition) is 3. The first kappa shape index (κ1) is 18.5. The van der Waals surface area contributed by atoms with E-state index in [1.807, 2.05) is 0 Å². The maximum atomic E-state index is 13.4. The summed E-state index contributed by atoms with van der Waals surface area (Å²) in [5.74, 6) is -9.12. The molecular formula is C14H15F2NO4. The lowest BCUT2D eigenvalue weighted by molar-refractivity contribution is -0.150. The number of benzene rings is 1. The second kappa shape index (κ2) is 8.64. The van der Waals surface area contributed by atoms with Gasteiger partial charge in [-0.1, -0.05) is 26.7 Å². The predicted octanol–water partition coefficient (Wildman–Crippen LogP) is 2.90. The molecule has 0 fully saturated rings. The first-order valence-electron chi connectivity index (χ1n) is 6.15. The molecule has 0 spiro atoms. The lowest BCUT2D eigenvalue weighted by Crippen LogP contribution is -2.23. The molecule has 0 amide bonds. The van der Waals surface area contributed by atoms with Crippen molar-refractivity contribution in [2.75, 3.05) is 0 Å². The van der Waals surface area contributed by atoms with Crippen molar-refractivity contribution in [3.63, 3.8) is 0 Å². The third kappa shape index (κ3) is 4.84. The van der Waals surface area contributed by atoms with E-state index in [2.05, 4.69) is 13.8 Å². The number of halogens is 2. The third-order valence-corrected chi connectivity index (χ3v) is 2.54. The van der Waals surface area contributed by atoms with Crippen LogP contribution in [0.5, 0.6) is 0 Å². The molecule has 2 N–H and O–H groups in total. The Bertz CT molecular complexity index is 551. The minimum atomic E-state index is -2.32. The van der Waals surface area contributed by atoms with Gasteiger partial charge in [-0.15, -0.1) is 0 Å². The molecule has 21 heavy (non-hydrogen) atoms. The Morgan fingerprint density at radius 1 is 1.19 bits per heavy atom. The number of nitrogens with zero attached hydrogens (tertiary/aromatic N) is 1. The van der Waals surface area contributed by atoms with Gasteiger partial charge in [0.2, 0.25) is 0 Å². The number of rotatable bonds is 4. The number of aliphatic carboxylic acids is 2. The van der Waals surface area contributed by atoms with Crippen molar-refractivity contribution in [3.05, 3.63) is 34.9 Å². The molecule has 5 nitrogen and oxygen atoms in total. The molecule has 7 heteroatoms. The van der Waals surface area contributed by atoms with Crippen LogP contribution in [0.1, 0.15) is 43.7 Å². The second-order valence-electron chi connectivity index (χ2n) is 4.04. The lowest BCUT2D eigenvalue weighted by atomic mass is 9.94. The summed E-state index contributed by atoms with van der Waals surface area (Å²) in [6.07, 6.45) is 2.64. The highest BCUT2D eigenvalue weighted by Crippen LogP contribution is 2.25. The van der Waals surface area contributed by atoms with Crippen LogP contribution in [0.3, 0.4) is 0 Å². The van der Waals surface area contributed by atoms with Gasteiger partial charge in [0.1, 0.15) is 0 Å². The van der Waals surface area contributed by atoms with E-state index in [-0.39, 0.29) is 0 Å². The molecule has 0 bridgehead atoms. The topological polar surface area (TPSA) is 98.4 Å². The summed E-state index contributed by atoms with van der Waals surface area (Å²) >= 11 is 0. The number of unbranched alkanes of at least 4 members (excludes halogenated alkanes) is 1. The van der Waals surface area contributed by atoms with Crippen LogP contribution >= 0.6 is 0 Å². The molecule has 0 aliphatic carbocycles. The van der Waals surface area contributed by atoms with E-state index in [9.17, 15) is 18.4 Å². The van der Waals surface area contributed by atoms with Gasteiger partial charge in [-0.25, -0.2) is 8.78 Å². The molecule has 0 unspecified atom stereocenters. The van der Waals surface area contributed by atoms with Gasteiger partial charge >= 0.3 is 11.9 Å². The Kier molecular flexibility index (Phi) is 7.61. The van der Waals surface area contributed by atoms with Crippen molar-refractivity contribution in [1.82, 2.24) is 0 Å². The molecule has 1 aromatic rings. The highest BCUT2D eigenvalue weighted by molar-refractivity contribution is 5.99. The summed E-state index contributed by atoms with van der Waals surface area (Å²) in [7, 11) is 0. The standard InChI is InChI=1S/C10H5F2NO4.C4H10/c11-5-2-1-4(3-13)6(8(5)12)7(9(14)15)10(16)17;1-3-4-2/h1-2,7H,(H,14,15)(H,16,17);3-4H2,1-2H3. The minimum absolute atomic E-state index is 0.529. The molecule has 0 radical (unpaired) electrons. The average molecular weight is 299 g/mol. The van der Waals surface area contributed by atoms with Crippen molar-refractivity contribution in [3.8, 4) is 6.07 Å². The largest absolute Gasteiger partial charge is 0.480 e. The fraction of sp³-hybridized carbons (Fsp3) is 0.357. The number of carboxylic acid groups (broad SMARTS) is 2. The summed E-state index contributed by atoms with van der Waals surface area (Å²) in [6.45, 7) is 4.36. The van der Waals surface area contributed by atoms with E-state index in [1.54, 1.807) is 0 Å². The van der Waals surface area contributed by atoms with Gasteiger partial charge in [-0.2, -0.15) is 5.26 Å². The molecule has 0 saturated carbocycles. The Balaban J connectivity index is 0.000000885. The highest BCUT2D eigenvalue weighted by Gasteiger charge is 2.34. The number of nitriles is 1. The quantitative estimate of drug-likeness (QED) is 0.833. The van der Waals surface area contributed by atoms with Gasteiger partial charge in [0.15, 0.2) is 17.6 Å². The summed E-state index contributed by atoms with van der Waals surface area (Å²) in [4.78, 5) is 21.4. The fourth-order valence-corrected chi connectivity index (χ4v) is 1.30. The molecule has 1 aromatic carbocycles. The number of hydrogen-bond donors (Lipinski definition) is 2. The summed E-state index contributed by atoms with van der Waals surface area (Å²) in [5.41, 5.74) is -1.51. The second-order valence-corrected chi connectivity index (χ2v) is 4.04. The van der Waals surface area contributed by atoms with E-state index < -0.39 is 40.6 Å². The first-order valence-corrected chi connectivity index (χ1v) is 6.15. The fourth-order valence-electron chi connectivity index (χ4n) is 1.30. The zero-order valence-electron chi connectivity index (χ0n) is 11.6. The molecule has 1 rings (SSSR count). The van der Waals surface area contributed by atoms with Crippen molar-refractivity contribution in [2.45, 2.75) is 32.6 Å². The van der Waals surface area contributed by atoms with Crippen LogP contribution in [0, 0.1) is 23.0 Å². The predicted molar refractivity (Wildman–Crippen MR) is 69.7 cm³/mol. The van der Waals surface area contributed by atoms with Gasteiger partial charge in [-0.05, 0) is 12.1 Å². The lowest BCUT2D eigenvalue weighted by Gasteiger charge is -2.10. The molecule has 0 atom stereocenters. The molecule has 0 saturated heterocycles. The number of carboxylic acids is 2. The zero-order valence-corrected chi connectivity index (χ0v) is 11.6. The summed E-state index contributed by atoms with van der Waals surface area (Å²) < 4.78 is 26.3. The van der Waals surface area contributed by atoms with Gasteiger partial charge in [0.25, 0.3) is 0 Å². The SMILES string of the molecule is CCCC.N#Cc1ccc(F)c(F)c1C(C(=O)O)C(=O)O. The Labute approximate surface area is 120 Å². The van der Waals surface area contributed by atoms with Gasteiger partial charge in [0.05, 0.1) is 11.6 Å². The Morgan fingerprint density at radius 3 is 2.00 bits per heavy atom. The van der Waals surface area contributed by atoms with E-state index in [1.165, 1.54) is 18.9 Å². The van der Waals surface area contributed by atoms with Crippen molar-refractivity contribution < 1.29 is 28.6 Å². The maximum Gasteiger partial charge on any atom is 0.322 e. The van der Waals surface area contributed by atoms with E-state index >= 15 is 0 Å². The summed E-state index contributed by atoms with van der Waals surface area (Å²) in [6, 6.07) is 2.87. The molecular weight excluding hydrogens is 284 g/mol. The maximum absolute atomic E-state index is 13.4. The molecule has 0 aromatic heterocycles. The van der Waals surface area contributed by atoms with Crippen LogP contribution in [0.4, 0.5) is 8.78 Å². The first-order chi connectivity index (χ1) is 9.81. The number of carbonyl (C=O) groups is 2. The Morgan fingerprint density at radius 2 is 1.67 bits per heavy atom. The van der Waals surface area contributed by atoms with Crippen LogP contribution in [-0.2, 0) is 9.59 Å². The van der Waals surface area contributed by atoms with Crippen molar-refractivity contribution in [1.29, 1.82) is 5.26 Å².